The van der Waals surface area contributed by atoms with Crippen molar-refractivity contribution in [2.75, 3.05) is 26.0 Å². The standard InChI is InChI=1S/C23H28N8O2/c1-23(2)19-16(20(29-28-19)27-21(32)17-12-24-10-11-25-17)13-31(23)22(33)26-18(14-30(3)4)15-8-6-5-7-9-15/h5-12,18H,13-14H2,1-4H3,(H,26,33)(H2,27,28,29,32). The van der Waals surface area contributed by atoms with Crippen molar-refractivity contribution in [3.8, 4) is 0 Å². The average Bonchev–Trinajstić information content (AvgIpc) is 3.32. The number of aromatic nitrogens is 4. The van der Waals surface area contributed by atoms with Gasteiger partial charge in [0.1, 0.15) is 5.69 Å². The maximum Gasteiger partial charge on any atom is 0.319 e. The molecule has 4 rings (SSSR count). The van der Waals surface area contributed by atoms with Crippen LogP contribution in [0.4, 0.5) is 10.6 Å². The van der Waals surface area contributed by atoms with Crippen LogP contribution in [0.2, 0.25) is 0 Å². The summed E-state index contributed by atoms with van der Waals surface area (Å²) >= 11 is 0. The first-order chi connectivity index (χ1) is 15.8. The molecule has 0 fully saturated rings. The first-order valence-electron chi connectivity index (χ1n) is 10.7. The molecule has 1 aliphatic heterocycles. The lowest BCUT2D eigenvalue weighted by Gasteiger charge is -2.34. The fraction of sp³-hybridized carbons (Fsp3) is 0.348. The van der Waals surface area contributed by atoms with Gasteiger partial charge in [-0.1, -0.05) is 30.3 Å². The second-order valence-electron chi connectivity index (χ2n) is 8.79. The van der Waals surface area contributed by atoms with Gasteiger partial charge in [0, 0.05) is 24.5 Å². The summed E-state index contributed by atoms with van der Waals surface area (Å²) in [6.07, 6.45) is 4.34. The van der Waals surface area contributed by atoms with Gasteiger partial charge in [-0.15, -0.1) is 0 Å². The molecule has 10 heteroatoms. The Labute approximate surface area is 192 Å². The Morgan fingerprint density at radius 1 is 1.21 bits per heavy atom. The summed E-state index contributed by atoms with van der Waals surface area (Å²) in [6, 6.07) is 9.55. The lowest BCUT2D eigenvalue weighted by molar-refractivity contribution is 0.102. The largest absolute Gasteiger partial charge is 0.330 e. The molecule has 1 unspecified atom stereocenters. The molecule has 0 radical (unpaired) electrons. The van der Waals surface area contributed by atoms with E-state index in [1.165, 1.54) is 18.6 Å². The van der Waals surface area contributed by atoms with Gasteiger partial charge >= 0.3 is 6.03 Å². The van der Waals surface area contributed by atoms with Gasteiger partial charge in [-0.05, 0) is 33.5 Å². The predicted molar refractivity (Wildman–Crippen MR) is 123 cm³/mol. The summed E-state index contributed by atoms with van der Waals surface area (Å²) in [7, 11) is 3.95. The number of amides is 3. The first kappa shape index (κ1) is 22.4. The molecule has 3 amide bonds. The number of hydrogen-bond donors (Lipinski definition) is 3. The molecular formula is C23H28N8O2. The van der Waals surface area contributed by atoms with Gasteiger partial charge in [-0.2, -0.15) is 5.10 Å². The van der Waals surface area contributed by atoms with Crippen LogP contribution in [0.3, 0.4) is 0 Å². The molecule has 0 aliphatic carbocycles. The molecule has 0 spiro atoms. The molecule has 1 atom stereocenters. The van der Waals surface area contributed by atoms with Crippen molar-refractivity contribution >= 4 is 17.8 Å². The highest BCUT2D eigenvalue weighted by molar-refractivity contribution is 6.02. The van der Waals surface area contributed by atoms with E-state index >= 15 is 0 Å². The zero-order valence-corrected chi connectivity index (χ0v) is 19.2. The molecule has 3 heterocycles. The monoisotopic (exact) mass is 448 g/mol. The average molecular weight is 449 g/mol. The Balaban J connectivity index is 1.52. The van der Waals surface area contributed by atoms with Crippen LogP contribution in [-0.2, 0) is 12.1 Å². The molecule has 1 aliphatic rings. The van der Waals surface area contributed by atoms with Gasteiger partial charge in [0.15, 0.2) is 5.82 Å². The molecular weight excluding hydrogens is 420 g/mol. The van der Waals surface area contributed by atoms with Gasteiger partial charge in [-0.25, -0.2) is 9.78 Å². The van der Waals surface area contributed by atoms with Crippen LogP contribution in [0.15, 0.2) is 48.9 Å². The van der Waals surface area contributed by atoms with Crippen LogP contribution in [0.1, 0.15) is 47.2 Å². The van der Waals surface area contributed by atoms with Crippen molar-refractivity contribution in [2.24, 2.45) is 0 Å². The number of fused-ring (bicyclic) bond motifs is 1. The van der Waals surface area contributed by atoms with Crippen molar-refractivity contribution in [3.63, 3.8) is 0 Å². The van der Waals surface area contributed by atoms with Crippen molar-refractivity contribution in [1.29, 1.82) is 0 Å². The number of rotatable bonds is 6. The molecule has 1 aromatic carbocycles. The van der Waals surface area contributed by atoms with E-state index in [0.29, 0.717) is 18.9 Å². The van der Waals surface area contributed by atoms with Crippen molar-refractivity contribution in [1.82, 2.24) is 35.3 Å². The SMILES string of the molecule is CN(C)CC(NC(=O)N1Cc2c(NC(=O)c3cnccn3)n[nH]c2C1(C)C)c1ccccc1. The summed E-state index contributed by atoms with van der Waals surface area (Å²) < 4.78 is 0. The van der Waals surface area contributed by atoms with E-state index in [9.17, 15) is 9.59 Å². The van der Waals surface area contributed by atoms with E-state index in [-0.39, 0.29) is 17.8 Å². The predicted octanol–water partition coefficient (Wildman–Crippen LogP) is 2.52. The highest BCUT2D eigenvalue weighted by Crippen LogP contribution is 2.40. The minimum atomic E-state index is -0.638. The van der Waals surface area contributed by atoms with E-state index in [4.69, 9.17) is 0 Å². The summed E-state index contributed by atoms with van der Waals surface area (Å²) in [5.74, 6) is -0.0230. The Morgan fingerprint density at radius 2 is 1.97 bits per heavy atom. The molecule has 0 bridgehead atoms. The zero-order valence-electron chi connectivity index (χ0n) is 19.2. The summed E-state index contributed by atoms with van der Waals surface area (Å²) in [5, 5.41) is 13.2. The number of hydrogen-bond acceptors (Lipinski definition) is 6. The molecule has 10 nitrogen and oxygen atoms in total. The fourth-order valence-electron chi connectivity index (χ4n) is 4.04. The minimum absolute atomic E-state index is 0.169. The molecule has 172 valence electrons. The maximum absolute atomic E-state index is 13.4. The number of carbonyl (C=O) groups excluding carboxylic acids is 2. The Kier molecular flexibility index (Phi) is 6.10. The molecule has 0 saturated heterocycles. The number of aromatic amines is 1. The normalized spacial score (nSPS) is 15.2. The topological polar surface area (TPSA) is 119 Å². The Morgan fingerprint density at radius 3 is 2.64 bits per heavy atom. The van der Waals surface area contributed by atoms with Crippen LogP contribution < -0.4 is 10.6 Å². The van der Waals surface area contributed by atoms with Crippen LogP contribution >= 0.6 is 0 Å². The molecule has 3 aromatic rings. The van der Waals surface area contributed by atoms with Crippen LogP contribution in [0.25, 0.3) is 0 Å². The van der Waals surface area contributed by atoms with Crippen LogP contribution in [0, 0.1) is 0 Å². The van der Waals surface area contributed by atoms with E-state index in [1.54, 1.807) is 4.90 Å². The van der Waals surface area contributed by atoms with Crippen molar-refractivity contribution < 1.29 is 9.59 Å². The molecule has 0 saturated carbocycles. The van der Waals surface area contributed by atoms with Gasteiger partial charge < -0.3 is 20.4 Å². The highest BCUT2D eigenvalue weighted by atomic mass is 16.2. The van der Waals surface area contributed by atoms with Gasteiger partial charge in [0.25, 0.3) is 5.91 Å². The van der Waals surface area contributed by atoms with Gasteiger partial charge in [-0.3, -0.25) is 14.9 Å². The third-order valence-electron chi connectivity index (χ3n) is 5.79. The second-order valence-corrected chi connectivity index (χ2v) is 8.79. The van der Waals surface area contributed by atoms with Gasteiger partial charge in [0.05, 0.1) is 30.0 Å². The van der Waals surface area contributed by atoms with E-state index < -0.39 is 11.4 Å². The Hall–Kier alpha value is -3.79. The number of H-pyrrole nitrogens is 1. The minimum Gasteiger partial charge on any atom is -0.330 e. The highest BCUT2D eigenvalue weighted by Gasteiger charge is 2.44. The first-order valence-corrected chi connectivity index (χ1v) is 10.7. The fourth-order valence-corrected chi connectivity index (χ4v) is 4.04. The second kappa shape index (κ2) is 8.99. The number of benzene rings is 1. The maximum atomic E-state index is 13.4. The zero-order chi connectivity index (χ0) is 23.6. The quantitative estimate of drug-likeness (QED) is 0.533. The molecule has 3 N–H and O–H groups in total. The van der Waals surface area contributed by atoms with Crippen LogP contribution in [0.5, 0.6) is 0 Å². The van der Waals surface area contributed by atoms with E-state index in [2.05, 4.69) is 30.8 Å². The smallest absolute Gasteiger partial charge is 0.319 e. The summed E-state index contributed by atoms with van der Waals surface area (Å²) in [5.41, 5.74) is 2.15. The van der Waals surface area contributed by atoms with E-state index in [1.807, 2.05) is 63.2 Å². The summed E-state index contributed by atoms with van der Waals surface area (Å²) in [6.45, 7) is 4.88. The number of nitrogens with one attached hydrogen (secondary N) is 3. The Bertz CT molecular complexity index is 1130. The molecule has 2 aromatic heterocycles. The van der Waals surface area contributed by atoms with Gasteiger partial charge in [0.2, 0.25) is 0 Å². The lowest BCUT2D eigenvalue weighted by Crippen LogP contribution is -2.48. The van der Waals surface area contributed by atoms with Crippen molar-refractivity contribution in [3.05, 3.63) is 71.4 Å². The van der Waals surface area contributed by atoms with E-state index in [0.717, 1.165) is 16.8 Å². The lowest BCUT2D eigenvalue weighted by atomic mass is 10.0. The number of carbonyl (C=O) groups is 2. The summed E-state index contributed by atoms with van der Waals surface area (Å²) in [4.78, 5) is 37.7. The third-order valence-corrected chi connectivity index (χ3v) is 5.79. The molecule has 33 heavy (non-hydrogen) atoms. The number of nitrogens with zero attached hydrogens (tertiary/aromatic N) is 5. The van der Waals surface area contributed by atoms with Crippen molar-refractivity contribution in [2.45, 2.75) is 32.0 Å². The third kappa shape index (κ3) is 4.56. The number of anilines is 1. The number of urea groups is 1. The number of likely N-dealkylation sites (N-methyl/N-ethyl adjacent to an activating group) is 1. The van der Waals surface area contributed by atoms with Crippen LogP contribution in [-0.4, -0.2) is 62.5 Å².